The molecule has 0 radical (unpaired) electrons. The third kappa shape index (κ3) is 2.86. The van der Waals surface area contributed by atoms with Gasteiger partial charge in [0.1, 0.15) is 17.5 Å². The predicted molar refractivity (Wildman–Crippen MR) is 95.9 cm³/mol. The molecule has 0 spiro atoms. The highest BCUT2D eigenvalue weighted by molar-refractivity contribution is 8.01. The highest BCUT2D eigenvalue weighted by Crippen LogP contribution is 2.56. The molecule has 2 aromatic rings. The maximum absolute atomic E-state index is 12.7. The van der Waals surface area contributed by atoms with Gasteiger partial charge in [-0.2, -0.15) is 0 Å². The second-order valence-corrected chi connectivity index (χ2v) is 8.85. The maximum Gasteiger partial charge on any atom is 0.249 e. The molecule has 3 unspecified atom stereocenters. The summed E-state index contributed by atoms with van der Waals surface area (Å²) in [5, 5.41) is 16.8. The number of aromatic nitrogens is 4. The molecule has 2 aliphatic heterocycles. The molecule has 2 aliphatic rings. The number of aryl methyl sites for hydroxylation is 1. The number of hydrogen-bond donors (Lipinski definition) is 2. The summed E-state index contributed by atoms with van der Waals surface area (Å²) in [5.74, 6) is 0.393. The van der Waals surface area contributed by atoms with Gasteiger partial charge in [-0.1, -0.05) is 30.3 Å². The van der Waals surface area contributed by atoms with Crippen molar-refractivity contribution in [2.24, 2.45) is 0 Å². The van der Waals surface area contributed by atoms with Gasteiger partial charge in [0.2, 0.25) is 11.8 Å². The van der Waals surface area contributed by atoms with Crippen LogP contribution in [0.3, 0.4) is 0 Å². The molecule has 0 aliphatic carbocycles. The Labute approximate surface area is 155 Å². The lowest BCUT2D eigenvalue weighted by Crippen LogP contribution is -2.67. The molecule has 2 saturated heterocycles. The van der Waals surface area contributed by atoms with E-state index < -0.39 is 6.04 Å². The molecule has 0 saturated carbocycles. The highest BCUT2D eigenvalue weighted by Gasteiger charge is 2.63. The minimum Gasteiger partial charge on any atom is -0.342 e. The molecule has 0 bridgehead atoms. The van der Waals surface area contributed by atoms with Gasteiger partial charge in [-0.25, -0.2) is 5.10 Å². The number of rotatable bonds is 5. The zero-order chi connectivity index (χ0) is 18.3. The summed E-state index contributed by atoms with van der Waals surface area (Å²) in [7, 11) is 0. The van der Waals surface area contributed by atoms with Gasteiger partial charge in [0.05, 0.1) is 0 Å². The van der Waals surface area contributed by atoms with Gasteiger partial charge in [0.15, 0.2) is 5.82 Å². The van der Waals surface area contributed by atoms with Crippen molar-refractivity contribution >= 4 is 23.6 Å². The summed E-state index contributed by atoms with van der Waals surface area (Å²) in [6, 6.07) is 9.14. The summed E-state index contributed by atoms with van der Waals surface area (Å²) < 4.78 is -0.245. The van der Waals surface area contributed by atoms with Crippen LogP contribution in [0.1, 0.15) is 37.7 Å². The van der Waals surface area contributed by atoms with Crippen LogP contribution in [-0.4, -0.2) is 53.5 Å². The summed E-state index contributed by atoms with van der Waals surface area (Å²) >= 11 is 1.67. The number of H-pyrrole nitrogens is 1. The Hall–Kier alpha value is -2.42. The number of amides is 2. The summed E-state index contributed by atoms with van der Waals surface area (Å²) in [5.41, 5.74) is 1.11. The van der Waals surface area contributed by atoms with E-state index in [1.807, 2.05) is 30.3 Å². The lowest BCUT2D eigenvalue weighted by atomic mass is 9.95. The van der Waals surface area contributed by atoms with Crippen molar-refractivity contribution in [1.82, 2.24) is 30.8 Å². The number of nitrogens with one attached hydrogen (secondary N) is 2. The monoisotopic (exact) mass is 372 g/mol. The summed E-state index contributed by atoms with van der Waals surface area (Å²) in [4.78, 5) is 26.7. The molecule has 2 fully saturated rings. The van der Waals surface area contributed by atoms with Crippen molar-refractivity contribution in [1.29, 1.82) is 0 Å². The molecule has 9 heteroatoms. The lowest BCUT2D eigenvalue weighted by Gasteiger charge is -2.44. The van der Waals surface area contributed by atoms with Crippen molar-refractivity contribution in [2.75, 3.05) is 0 Å². The fraction of sp³-hybridized carbons (Fsp3) is 0.471. The van der Waals surface area contributed by atoms with Crippen molar-refractivity contribution in [3.63, 3.8) is 0 Å². The quantitative estimate of drug-likeness (QED) is 0.761. The topological polar surface area (TPSA) is 104 Å². The van der Waals surface area contributed by atoms with Crippen LogP contribution in [0.4, 0.5) is 0 Å². The second kappa shape index (κ2) is 6.39. The van der Waals surface area contributed by atoms with Crippen molar-refractivity contribution in [2.45, 2.75) is 48.9 Å². The Morgan fingerprint density at radius 3 is 2.81 bits per heavy atom. The van der Waals surface area contributed by atoms with Gasteiger partial charge < -0.3 is 10.2 Å². The molecule has 1 aromatic carbocycles. The minimum absolute atomic E-state index is 0.0810. The Bertz CT molecular complexity index is 810. The van der Waals surface area contributed by atoms with Crippen LogP contribution in [0.15, 0.2) is 30.3 Å². The molecule has 2 amide bonds. The van der Waals surface area contributed by atoms with Crippen molar-refractivity contribution < 1.29 is 9.59 Å². The Morgan fingerprint density at radius 2 is 2.12 bits per heavy atom. The Balaban J connectivity index is 1.40. The van der Waals surface area contributed by atoms with Crippen LogP contribution in [0, 0.1) is 0 Å². The van der Waals surface area contributed by atoms with E-state index in [1.54, 1.807) is 16.7 Å². The number of hydrogen-bond acceptors (Lipinski definition) is 6. The third-order valence-electron chi connectivity index (χ3n) is 4.86. The van der Waals surface area contributed by atoms with E-state index in [9.17, 15) is 9.59 Å². The van der Waals surface area contributed by atoms with Crippen molar-refractivity contribution in [3.8, 4) is 0 Å². The van der Waals surface area contributed by atoms with E-state index in [4.69, 9.17) is 0 Å². The molecule has 3 atom stereocenters. The predicted octanol–water partition coefficient (Wildman–Crippen LogP) is 1.05. The fourth-order valence-corrected chi connectivity index (χ4v) is 5.26. The van der Waals surface area contributed by atoms with Crippen molar-refractivity contribution in [3.05, 3.63) is 41.7 Å². The number of carbonyl (C=O) groups is 2. The van der Waals surface area contributed by atoms with Crippen LogP contribution in [0.5, 0.6) is 0 Å². The summed E-state index contributed by atoms with van der Waals surface area (Å²) in [6.45, 7) is 4.12. The van der Waals surface area contributed by atoms with Gasteiger partial charge in [-0.05, 0) is 36.3 Å². The first-order valence-electron chi connectivity index (χ1n) is 8.54. The van der Waals surface area contributed by atoms with Crippen LogP contribution in [-0.2, 0) is 16.0 Å². The molecule has 2 N–H and O–H groups in total. The van der Waals surface area contributed by atoms with E-state index >= 15 is 0 Å². The highest BCUT2D eigenvalue weighted by atomic mass is 32.2. The number of thioether (sulfide) groups is 1. The fourth-order valence-electron chi connectivity index (χ4n) is 3.62. The second-order valence-electron chi connectivity index (χ2n) is 7.08. The SMILES string of the molecule is CC1(C)SC2C(NC(=O)CCc3ccccc3)C(=O)N2C1c1nnn[nH]1. The smallest absolute Gasteiger partial charge is 0.249 e. The normalized spacial score (nSPS) is 26.3. The molecular formula is C17H20N6O2S. The lowest BCUT2D eigenvalue weighted by molar-refractivity contribution is -0.151. The molecule has 1 aromatic heterocycles. The minimum atomic E-state index is -0.483. The number of aromatic amines is 1. The van der Waals surface area contributed by atoms with E-state index in [0.717, 1.165) is 5.56 Å². The molecular weight excluding hydrogens is 352 g/mol. The van der Waals surface area contributed by atoms with E-state index in [0.29, 0.717) is 18.7 Å². The number of benzene rings is 1. The zero-order valence-electron chi connectivity index (χ0n) is 14.5. The Kier molecular flexibility index (Phi) is 4.18. The first-order chi connectivity index (χ1) is 12.5. The van der Waals surface area contributed by atoms with Crippen LogP contribution in [0.2, 0.25) is 0 Å². The van der Waals surface area contributed by atoms with Gasteiger partial charge >= 0.3 is 0 Å². The van der Waals surface area contributed by atoms with Gasteiger partial charge in [0, 0.05) is 11.2 Å². The van der Waals surface area contributed by atoms with Crippen LogP contribution < -0.4 is 5.32 Å². The Morgan fingerprint density at radius 1 is 1.35 bits per heavy atom. The van der Waals surface area contributed by atoms with Gasteiger partial charge in [0.25, 0.3) is 0 Å². The number of β-lactam (4-membered cyclic amide) rings is 1. The number of tetrazole rings is 1. The average Bonchev–Trinajstić information content (AvgIpc) is 3.23. The van der Waals surface area contributed by atoms with Gasteiger partial charge in [-0.15, -0.1) is 16.9 Å². The van der Waals surface area contributed by atoms with E-state index in [1.165, 1.54) is 0 Å². The first kappa shape index (κ1) is 17.0. The number of nitrogens with zero attached hydrogens (tertiary/aromatic N) is 4. The molecule has 136 valence electrons. The zero-order valence-corrected chi connectivity index (χ0v) is 15.4. The molecule has 26 heavy (non-hydrogen) atoms. The molecule has 3 heterocycles. The third-order valence-corrected chi connectivity index (χ3v) is 6.43. The average molecular weight is 372 g/mol. The largest absolute Gasteiger partial charge is 0.342 e. The number of carbonyl (C=O) groups excluding carboxylic acids is 2. The summed E-state index contributed by atoms with van der Waals surface area (Å²) in [6.07, 6.45) is 1.02. The van der Waals surface area contributed by atoms with Gasteiger partial charge in [-0.3, -0.25) is 9.59 Å². The number of fused-ring (bicyclic) bond motifs is 1. The molecule has 4 rings (SSSR count). The van der Waals surface area contributed by atoms with E-state index in [-0.39, 0.29) is 28.0 Å². The standard InChI is InChI=1S/C17H20N6O2S/c1-17(2)13(14-19-21-22-20-14)23-15(25)12(16(23)26-17)18-11(24)9-8-10-6-4-3-5-7-10/h3-7,12-13,16H,8-9H2,1-2H3,(H,18,24)(H,19,20,21,22). The van der Waals surface area contributed by atoms with E-state index in [2.05, 4.69) is 39.8 Å². The molecule has 8 nitrogen and oxygen atoms in total. The maximum atomic E-state index is 12.7. The van der Waals surface area contributed by atoms with Crippen LogP contribution in [0.25, 0.3) is 0 Å². The van der Waals surface area contributed by atoms with Crippen LogP contribution >= 0.6 is 11.8 Å². The first-order valence-corrected chi connectivity index (χ1v) is 9.42.